The number of amides is 3. The molecule has 1 unspecified atom stereocenters. The predicted octanol–water partition coefficient (Wildman–Crippen LogP) is 1.85. The first-order valence-corrected chi connectivity index (χ1v) is 10.6. The van der Waals surface area contributed by atoms with Gasteiger partial charge in [0.05, 0.1) is 5.92 Å². The van der Waals surface area contributed by atoms with Gasteiger partial charge < -0.3 is 25.1 Å². The Kier molecular flexibility index (Phi) is 12.3. The lowest BCUT2D eigenvalue weighted by Gasteiger charge is -2.32. The molecule has 2 aliphatic rings. The standard InChI is InChI=1S/C19H36N4O2.CH2O2/c1-3-4-5-6-10-20-19(25)23-13-8-12-22(14-15-23)18(24)17-9-7-11-21(2)16-17;2-1-3/h17H,3-16H2,1-2H3,(H,20,25);1H,(H,2,3). The van der Waals surface area contributed by atoms with E-state index in [1.54, 1.807) is 0 Å². The Hall–Kier alpha value is -1.83. The molecule has 1 atom stereocenters. The molecule has 2 saturated heterocycles. The average molecular weight is 399 g/mol. The minimum Gasteiger partial charge on any atom is -0.483 e. The summed E-state index contributed by atoms with van der Waals surface area (Å²) >= 11 is 0. The van der Waals surface area contributed by atoms with Crippen molar-refractivity contribution in [3.8, 4) is 0 Å². The molecule has 2 rings (SSSR count). The molecule has 28 heavy (non-hydrogen) atoms. The lowest BCUT2D eigenvalue weighted by molar-refractivity contribution is -0.137. The number of unbranched alkanes of at least 4 members (excludes halogenated alkanes) is 3. The second kappa shape index (κ2) is 14.2. The third kappa shape index (κ3) is 8.91. The molecule has 162 valence electrons. The number of likely N-dealkylation sites (tertiary alicyclic amines) is 1. The fourth-order valence-electron chi connectivity index (χ4n) is 3.83. The first-order valence-electron chi connectivity index (χ1n) is 10.6. The minimum absolute atomic E-state index is 0.0307. The molecule has 0 spiro atoms. The first kappa shape index (κ1) is 24.2. The molecule has 2 aliphatic heterocycles. The first-order chi connectivity index (χ1) is 13.5. The molecule has 0 aromatic heterocycles. The van der Waals surface area contributed by atoms with E-state index >= 15 is 0 Å². The van der Waals surface area contributed by atoms with Gasteiger partial charge in [0, 0.05) is 39.3 Å². The van der Waals surface area contributed by atoms with Crippen molar-refractivity contribution in [2.24, 2.45) is 5.92 Å². The van der Waals surface area contributed by atoms with E-state index in [1.807, 2.05) is 9.80 Å². The molecule has 2 N–H and O–H groups in total. The number of nitrogens with one attached hydrogen (secondary N) is 1. The van der Waals surface area contributed by atoms with Crippen LogP contribution in [0.1, 0.15) is 51.9 Å². The molecule has 0 bridgehead atoms. The van der Waals surface area contributed by atoms with Crippen LogP contribution in [0.4, 0.5) is 4.79 Å². The minimum atomic E-state index is -0.250. The zero-order chi connectivity index (χ0) is 20.8. The van der Waals surface area contributed by atoms with Gasteiger partial charge >= 0.3 is 6.03 Å². The topological polar surface area (TPSA) is 93.2 Å². The van der Waals surface area contributed by atoms with E-state index in [2.05, 4.69) is 24.2 Å². The molecule has 0 aromatic rings. The van der Waals surface area contributed by atoms with Crippen LogP contribution in [-0.4, -0.2) is 91.1 Å². The average Bonchev–Trinajstić information content (AvgIpc) is 2.94. The highest BCUT2D eigenvalue weighted by Crippen LogP contribution is 2.18. The maximum atomic E-state index is 12.8. The summed E-state index contributed by atoms with van der Waals surface area (Å²) in [5.74, 6) is 0.422. The number of hydrogen-bond donors (Lipinski definition) is 2. The van der Waals surface area contributed by atoms with Crippen molar-refractivity contribution in [3.05, 3.63) is 0 Å². The lowest BCUT2D eigenvalue weighted by atomic mass is 9.97. The Morgan fingerprint density at radius 3 is 2.39 bits per heavy atom. The molecule has 0 aromatic carbocycles. The van der Waals surface area contributed by atoms with Crippen molar-refractivity contribution in [2.45, 2.75) is 51.9 Å². The van der Waals surface area contributed by atoms with Crippen LogP contribution in [0.2, 0.25) is 0 Å². The highest BCUT2D eigenvalue weighted by Gasteiger charge is 2.29. The molecule has 2 fully saturated rings. The van der Waals surface area contributed by atoms with Crippen LogP contribution in [0.15, 0.2) is 0 Å². The van der Waals surface area contributed by atoms with Gasteiger partial charge in [0.15, 0.2) is 0 Å². The summed E-state index contributed by atoms with van der Waals surface area (Å²) in [6.07, 6.45) is 7.64. The fraction of sp³-hybridized carbons (Fsp3) is 0.850. The quantitative estimate of drug-likeness (QED) is 0.526. The van der Waals surface area contributed by atoms with Gasteiger partial charge in [-0.2, -0.15) is 0 Å². The van der Waals surface area contributed by atoms with Crippen LogP contribution in [0.25, 0.3) is 0 Å². The number of carboxylic acid groups (broad SMARTS) is 1. The second-order valence-electron chi connectivity index (χ2n) is 7.67. The van der Waals surface area contributed by atoms with Crippen LogP contribution >= 0.6 is 0 Å². The molecule has 0 radical (unpaired) electrons. The SMILES string of the molecule is CCCCCCNC(=O)N1CCCN(C(=O)C2CCCN(C)C2)CC1.O=CO. The Balaban J connectivity index is 0.00000122. The van der Waals surface area contributed by atoms with Gasteiger partial charge in [0.2, 0.25) is 5.91 Å². The van der Waals surface area contributed by atoms with E-state index in [-0.39, 0.29) is 24.3 Å². The van der Waals surface area contributed by atoms with Gasteiger partial charge in [0.25, 0.3) is 6.47 Å². The monoisotopic (exact) mass is 398 g/mol. The number of nitrogens with zero attached hydrogens (tertiary/aromatic N) is 3. The van der Waals surface area contributed by atoms with Gasteiger partial charge in [-0.1, -0.05) is 26.2 Å². The summed E-state index contributed by atoms with van der Waals surface area (Å²) in [5.41, 5.74) is 0. The zero-order valence-electron chi connectivity index (χ0n) is 17.6. The molecule has 0 saturated carbocycles. The Labute approximate surface area is 169 Å². The Morgan fingerprint density at radius 2 is 1.71 bits per heavy atom. The molecule has 8 heteroatoms. The van der Waals surface area contributed by atoms with Crippen LogP contribution in [0.3, 0.4) is 0 Å². The van der Waals surface area contributed by atoms with Crippen molar-refractivity contribution in [3.63, 3.8) is 0 Å². The fourth-order valence-corrected chi connectivity index (χ4v) is 3.83. The van der Waals surface area contributed by atoms with Crippen LogP contribution in [-0.2, 0) is 9.59 Å². The van der Waals surface area contributed by atoms with Crippen molar-refractivity contribution < 1.29 is 19.5 Å². The van der Waals surface area contributed by atoms with E-state index in [9.17, 15) is 9.59 Å². The molecule has 2 heterocycles. The van der Waals surface area contributed by atoms with Crippen LogP contribution < -0.4 is 5.32 Å². The van der Waals surface area contributed by atoms with Crippen molar-refractivity contribution in [2.75, 3.05) is 52.9 Å². The van der Waals surface area contributed by atoms with Gasteiger partial charge in [0.1, 0.15) is 0 Å². The van der Waals surface area contributed by atoms with Crippen molar-refractivity contribution in [1.82, 2.24) is 20.0 Å². The van der Waals surface area contributed by atoms with Gasteiger partial charge in [-0.15, -0.1) is 0 Å². The predicted molar refractivity (Wildman–Crippen MR) is 109 cm³/mol. The third-order valence-corrected chi connectivity index (χ3v) is 5.38. The molecule has 0 aliphatic carbocycles. The van der Waals surface area contributed by atoms with E-state index in [0.29, 0.717) is 13.1 Å². The van der Waals surface area contributed by atoms with E-state index in [1.165, 1.54) is 19.3 Å². The summed E-state index contributed by atoms with van der Waals surface area (Å²) in [5, 5.41) is 9.92. The maximum absolute atomic E-state index is 12.8. The molecule has 3 amide bonds. The summed E-state index contributed by atoms with van der Waals surface area (Å²) in [7, 11) is 2.09. The molecular formula is C20H38N4O4. The number of carbonyl (C=O) groups excluding carboxylic acids is 2. The summed E-state index contributed by atoms with van der Waals surface area (Å²) in [6, 6.07) is 0.0307. The van der Waals surface area contributed by atoms with E-state index < -0.39 is 0 Å². The maximum Gasteiger partial charge on any atom is 0.317 e. The van der Waals surface area contributed by atoms with Gasteiger partial charge in [-0.05, 0) is 39.3 Å². The Bertz CT molecular complexity index is 475. The highest BCUT2D eigenvalue weighted by molar-refractivity contribution is 5.79. The van der Waals surface area contributed by atoms with Crippen LogP contribution in [0.5, 0.6) is 0 Å². The van der Waals surface area contributed by atoms with Crippen molar-refractivity contribution in [1.29, 1.82) is 0 Å². The summed E-state index contributed by atoms with van der Waals surface area (Å²) in [4.78, 5) is 39.6. The van der Waals surface area contributed by atoms with Crippen LogP contribution in [0, 0.1) is 5.92 Å². The molecular weight excluding hydrogens is 360 g/mol. The largest absolute Gasteiger partial charge is 0.483 e. The zero-order valence-corrected chi connectivity index (χ0v) is 17.6. The normalized spacial score (nSPS) is 20.6. The third-order valence-electron chi connectivity index (χ3n) is 5.38. The number of hydrogen-bond acceptors (Lipinski definition) is 4. The number of piperidine rings is 1. The van der Waals surface area contributed by atoms with E-state index in [4.69, 9.17) is 9.90 Å². The van der Waals surface area contributed by atoms with E-state index in [0.717, 1.165) is 58.4 Å². The lowest BCUT2D eigenvalue weighted by Crippen LogP contribution is -2.46. The Morgan fingerprint density at radius 1 is 1.04 bits per heavy atom. The summed E-state index contributed by atoms with van der Waals surface area (Å²) in [6.45, 7) is 7.50. The number of urea groups is 1. The highest BCUT2D eigenvalue weighted by atomic mass is 16.3. The van der Waals surface area contributed by atoms with Crippen molar-refractivity contribution >= 4 is 18.4 Å². The molecule has 8 nitrogen and oxygen atoms in total. The smallest absolute Gasteiger partial charge is 0.317 e. The van der Waals surface area contributed by atoms with Gasteiger partial charge in [-0.25, -0.2) is 4.79 Å². The number of carbonyl (C=O) groups is 3. The summed E-state index contributed by atoms with van der Waals surface area (Å²) < 4.78 is 0. The van der Waals surface area contributed by atoms with Gasteiger partial charge in [-0.3, -0.25) is 9.59 Å². The number of rotatable bonds is 6. The second-order valence-corrected chi connectivity index (χ2v) is 7.67.